The summed E-state index contributed by atoms with van der Waals surface area (Å²) in [5.74, 6) is -0.186. The van der Waals surface area contributed by atoms with Gasteiger partial charge in [-0.1, -0.05) is 19.3 Å². The molecule has 1 saturated carbocycles. The quantitative estimate of drug-likeness (QED) is 0.513. The smallest absolute Gasteiger partial charge is 0.306 e. The fourth-order valence-corrected chi connectivity index (χ4v) is 2.31. The molecular weight excluding hydrogens is 180 g/mol. The second-order valence-corrected chi connectivity index (χ2v) is 4.18. The zero-order chi connectivity index (χ0) is 10.4. The van der Waals surface area contributed by atoms with Gasteiger partial charge in [-0.15, -0.1) is 0 Å². The Balaban J connectivity index is 2.59. The van der Waals surface area contributed by atoms with Gasteiger partial charge in [0.25, 0.3) is 0 Å². The maximum absolute atomic E-state index is 11.2. The Morgan fingerprint density at radius 1 is 1.36 bits per heavy atom. The van der Waals surface area contributed by atoms with Crippen molar-refractivity contribution in [2.24, 2.45) is 5.41 Å². The molecule has 0 atom stereocenters. The minimum atomic E-state index is -0.186. The van der Waals surface area contributed by atoms with E-state index in [9.17, 15) is 9.59 Å². The van der Waals surface area contributed by atoms with Crippen LogP contribution in [-0.4, -0.2) is 19.4 Å². The van der Waals surface area contributed by atoms with Gasteiger partial charge in [-0.2, -0.15) is 0 Å². The van der Waals surface area contributed by atoms with Crippen LogP contribution in [0.5, 0.6) is 0 Å². The number of esters is 1. The maximum atomic E-state index is 11.2. The van der Waals surface area contributed by atoms with Crippen LogP contribution in [0.4, 0.5) is 0 Å². The van der Waals surface area contributed by atoms with E-state index in [2.05, 4.69) is 4.74 Å². The molecule has 80 valence electrons. The lowest BCUT2D eigenvalue weighted by Crippen LogP contribution is -2.28. The summed E-state index contributed by atoms with van der Waals surface area (Å²) in [7, 11) is 1.40. The zero-order valence-electron chi connectivity index (χ0n) is 8.75. The highest BCUT2D eigenvalue weighted by atomic mass is 16.5. The molecule has 0 aromatic rings. The van der Waals surface area contributed by atoms with Crippen molar-refractivity contribution in [1.29, 1.82) is 0 Å². The van der Waals surface area contributed by atoms with E-state index in [1.165, 1.54) is 13.5 Å². The number of ether oxygens (including phenoxy) is 1. The topological polar surface area (TPSA) is 43.4 Å². The molecule has 0 N–H and O–H groups in total. The summed E-state index contributed by atoms with van der Waals surface area (Å²) in [4.78, 5) is 21.8. The summed E-state index contributed by atoms with van der Waals surface area (Å²) in [5, 5.41) is 0. The highest BCUT2D eigenvalue weighted by Gasteiger charge is 2.34. The Labute approximate surface area is 84.8 Å². The molecule has 1 fully saturated rings. The van der Waals surface area contributed by atoms with Crippen molar-refractivity contribution in [3.63, 3.8) is 0 Å². The van der Waals surface area contributed by atoms with Crippen molar-refractivity contribution >= 4 is 12.3 Å². The summed E-state index contributed by atoms with van der Waals surface area (Å²) in [6, 6.07) is 0. The van der Waals surface area contributed by atoms with Gasteiger partial charge in [-0.25, -0.2) is 0 Å². The van der Waals surface area contributed by atoms with E-state index >= 15 is 0 Å². The van der Waals surface area contributed by atoms with Crippen LogP contribution in [0.3, 0.4) is 0 Å². The molecule has 0 saturated heterocycles. The largest absolute Gasteiger partial charge is 0.469 e. The second kappa shape index (κ2) is 5.13. The normalized spacial score (nSPS) is 20.1. The van der Waals surface area contributed by atoms with E-state index in [-0.39, 0.29) is 11.4 Å². The standard InChI is InChI=1S/C11H18O3/c1-14-10(13)9-11(7-8-12)5-3-2-4-6-11/h8H,2-7,9H2,1H3. The van der Waals surface area contributed by atoms with Crippen molar-refractivity contribution in [2.45, 2.75) is 44.9 Å². The molecular formula is C11H18O3. The molecule has 14 heavy (non-hydrogen) atoms. The number of hydrogen-bond donors (Lipinski definition) is 0. The van der Waals surface area contributed by atoms with Crippen LogP contribution < -0.4 is 0 Å². The predicted octanol–water partition coefficient (Wildman–Crippen LogP) is 2.09. The van der Waals surface area contributed by atoms with Crippen LogP contribution in [0.1, 0.15) is 44.9 Å². The SMILES string of the molecule is COC(=O)CC1(CC=O)CCCCC1. The molecule has 1 aliphatic rings. The number of hydrogen-bond acceptors (Lipinski definition) is 3. The molecule has 1 rings (SSSR count). The van der Waals surface area contributed by atoms with E-state index in [0.717, 1.165) is 32.0 Å². The van der Waals surface area contributed by atoms with Crippen LogP contribution in [0.2, 0.25) is 0 Å². The molecule has 3 nitrogen and oxygen atoms in total. The highest BCUT2D eigenvalue weighted by Crippen LogP contribution is 2.41. The maximum Gasteiger partial charge on any atom is 0.306 e. The first-order chi connectivity index (χ1) is 6.72. The van der Waals surface area contributed by atoms with Crippen LogP contribution in [0, 0.1) is 5.41 Å². The fourth-order valence-electron chi connectivity index (χ4n) is 2.31. The Bertz CT molecular complexity index is 205. The third kappa shape index (κ3) is 2.82. The molecule has 0 aromatic carbocycles. The van der Waals surface area contributed by atoms with E-state index in [1.807, 2.05) is 0 Å². The molecule has 0 heterocycles. The van der Waals surface area contributed by atoms with Crippen molar-refractivity contribution in [3.05, 3.63) is 0 Å². The van der Waals surface area contributed by atoms with Gasteiger partial charge in [0.05, 0.1) is 13.5 Å². The number of methoxy groups -OCH3 is 1. The predicted molar refractivity (Wildman–Crippen MR) is 52.8 cm³/mol. The summed E-state index contributed by atoms with van der Waals surface area (Å²) in [5.41, 5.74) is -0.0902. The average molecular weight is 198 g/mol. The van der Waals surface area contributed by atoms with Gasteiger partial charge in [-0.3, -0.25) is 4.79 Å². The zero-order valence-corrected chi connectivity index (χ0v) is 8.75. The molecule has 3 heteroatoms. The highest BCUT2D eigenvalue weighted by molar-refractivity contribution is 5.70. The number of carbonyl (C=O) groups excluding carboxylic acids is 2. The lowest BCUT2D eigenvalue weighted by Gasteiger charge is -2.34. The van der Waals surface area contributed by atoms with Crippen molar-refractivity contribution in [2.75, 3.05) is 7.11 Å². The van der Waals surface area contributed by atoms with Crippen molar-refractivity contribution < 1.29 is 14.3 Å². The minimum absolute atomic E-state index is 0.0902. The van der Waals surface area contributed by atoms with Gasteiger partial charge >= 0.3 is 5.97 Å². The lowest BCUT2D eigenvalue weighted by atomic mass is 9.70. The minimum Gasteiger partial charge on any atom is -0.469 e. The van der Waals surface area contributed by atoms with Crippen LogP contribution in [0.15, 0.2) is 0 Å². The number of aldehydes is 1. The molecule has 0 aromatic heterocycles. The van der Waals surface area contributed by atoms with E-state index in [0.29, 0.717) is 12.8 Å². The Kier molecular flexibility index (Phi) is 4.11. The first kappa shape index (κ1) is 11.2. The summed E-state index contributed by atoms with van der Waals surface area (Å²) >= 11 is 0. The monoisotopic (exact) mass is 198 g/mol. The molecule has 1 aliphatic carbocycles. The van der Waals surface area contributed by atoms with Gasteiger partial charge in [0.15, 0.2) is 0 Å². The molecule has 0 aliphatic heterocycles. The van der Waals surface area contributed by atoms with Crippen LogP contribution in [-0.2, 0) is 14.3 Å². The summed E-state index contributed by atoms with van der Waals surface area (Å²) < 4.78 is 4.67. The van der Waals surface area contributed by atoms with Crippen LogP contribution >= 0.6 is 0 Å². The molecule has 0 radical (unpaired) electrons. The Morgan fingerprint density at radius 2 is 2.00 bits per heavy atom. The second-order valence-electron chi connectivity index (χ2n) is 4.18. The Hall–Kier alpha value is -0.860. The average Bonchev–Trinajstić information content (AvgIpc) is 2.19. The van der Waals surface area contributed by atoms with Gasteiger partial charge in [-0.05, 0) is 18.3 Å². The van der Waals surface area contributed by atoms with Gasteiger partial charge < -0.3 is 9.53 Å². The first-order valence-corrected chi connectivity index (χ1v) is 5.23. The van der Waals surface area contributed by atoms with Crippen molar-refractivity contribution in [3.8, 4) is 0 Å². The molecule has 0 spiro atoms. The van der Waals surface area contributed by atoms with Crippen molar-refractivity contribution in [1.82, 2.24) is 0 Å². The van der Waals surface area contributed by atoms with Gasteiger partial charge in [0, 0.05) is 6.42 Å². The third-order valence-corrected chi connectivity index (χ3v) is 3.18. The molecule has 0 amide bonds. The third-order valence-electron chi connectivity index (χ3n) is 3.18. The first-order valence-electron chi connectivity index (χ1n) is 5.23. The van der Waals surface area contributed by atoms with Gasteiger partial charge in [0.2, 0.25) is 0 Å². The van der Waals surface area contributed by atoms with Gasteiger partial charge in [0.1, 0.15) is 6.29 Å². The number of rotatable bonds is 4. The van der Waals surface area contributed by atoms with Crippen LogP contribution in [0.25, 0.3) is 0 Å². The molecule has 0 bridgehead atoms. The lowest BCUT2D eigenvalue weighted by molar-refractivity contribution is -0.144. The Morgan fingerprint density at radius 3 is 2.50 bits per heavy atom. The number of carbonyl (C=O) groups is 2. The summed E-state index contributed by atoms with van der Waals surface area (Å²) in [6.45, 7) is 0. The van der Waals surface area contributed by atoms with E-state index in [4.69, 9.17) is 0 Å². The fraction of sp³-hybridized carbons (Fsp3) is 0.818. The van der Waals surface area contributed by atoms with E-state index < -0.39 is 0 Å². The summed E-state index contributed by atoms with van der Waals surface area (Å²) in [6.07, 6.45) is 7.30. The molecule has 0 unspecified atom stereocenters. The van der Waals surface area contributed by atoms with E-state index in [1.54, 1.807) is 0 Å².